The molecule has 0 unspecified atom stereocenters. The lowest BCUT2D eigenvalue weighted by molar-refractivity contribution is -0.123. The van der Waals surface area contributed by atoms with Crippen LogP contribution in [0.5, 0.6) is 0 Å². The van der Waals surface area contributed by atoms with Gasteiger partial charge in [0.2, 0.25) is 11.8 Å². The predicted molar refractivity (Wildman–Crippen MR) is 254 cm³/mol. The van der Waals surface area contributed by atoms with Gasteiger partial charge in [-0.05, 0) is 54.2 Å². The van der Waals surface area contributed by atoms with E-state index in [1.165, 1.54) is 58.2 Å². The van der Waals surface area contributed by atoms with E-state index in [0.717, 1.165) is 0 Å². The fraction of sp³-hybridized carbons (Fsp3) is 0.426. The first-order valence-electron chi connectivity index (χ1n) is 21.3. The molecule has 2 heterocycles. The van der Waals surface area contributed by atoms with Crippen molar-refractivity contribution in [1.82, 2.24) is 30.0 Å². The van der Waals surface area contributed by atoms with E-state index in [1.54, 1.807) is 41.5 Å². The maximum absolute atomic E-state index is 13.6. The predicted octanol–water partition coefficient (Wildman–Crippen LogP) is 10.5. The van der Waals surface area contributed by atoms with Gasteiger partial charge in [0.25, 0.3) is 0 Å². The average molecular weight is 966 g/mol. The number of rotatable bonds is 15. The van der Waals surface area contributed by atoms with Crippen molar-refractivity contribution in [2.24, 2.45) is 28.6 Å². The number of hydrogen-bond acceptors (Lipinski definition) is 12. The quantitative estimate of drug-likeness (QED) is 0.0744. The van der Waals surface area contributed by atoms with Crippen molar-refractivity contribution >= 4 is 75.9 Å². The van der Waals surface area contributed by atoms with Gasteiger partial charge in [0.1, 0.15) is 11.4 Å². The Morgan fingerprint density at radius 2 is 0.848 bits per heavy atom. The molecule has 352 valence electrons. The topological polar surface area (TPSA) is 199 Å². The lowest BCUT2D eigenvalue weighted by Crippen LogP contribution is -2.28. The summed E-state index contributed by atoms with van der Waals surface area (Å²) in [6, 6.07) is 8.79. The molecule has 5 rings (SSSR count). The first-order chi connectivity index (χ1) is 30.7. The Bertz CT molecular complexity index is 2490. The summed E-state index contributed by atoms with van der Waals surface area (Å²) >= 11 is 21.0. The fourth-order valence-corrected chi connectivity index (χ4v) is 6.48. The van der Waals surface area contributed by atoms with Gasteiger partial charge in [-0.15, -0.1) is 10.2 Å². The average Bonchev–Trinajstić information content (AvgIpc) is 3.93. The number of anilines is 2. The second-order valence-corrected chi connectivity index (χ2v) is 20.2. The number of nitrogens with zero attached hydrogens (tertiary/aromatic N) is 6. The molecule has 16 nitrogen and oxygen atoms in total. The molecule has 2 N–H and O–H groups in total. The fourth-order valence-electron chi connectivity index (χ4n) is 5.69. The minimum absolute atomic E-state index is 0.0301. The van der Waals surface area contributed by atoms with E-state index in [4.69, 9.17) is 49.0 Å². The van der Waals surface area contributed by atoms with E-state index in [1.807, 2.05) is 41.5 Å². The molecular weight excluding hydrogens is 911 g/mol. The third-order valence-corrected chi connectivity index (χ3v) is 10.6. The Morgan fingerprint density at radius 3 is 1.15 bits per heavy atom. The highest BCUT2D eigenvalue weighted by atomic mass is 35.5. The number of nitrogens with one attached hydrogen (secondary N) is 2. The van der Waals surface area contributed by atoms with Crippen molar-refractivity contribution < 1.29 is 38.2 Å². The number of esters is 3. The summed E-state index contributed by atoms with van der Waals surface area (Å²) in [5.41, 5.74) is 0.122. The molecule has 0 atom stereocenters. The molecule has 0 aliphatic rings. The normalized spacial score (nSPS) is 11.8. The van der Waals surface area contributed by atoms with Gasteiger partial charge in [0.05, 0.1) is 86.7 Å². The Morgan fingerprint density at radius 1 is 0.530 bits per heavy atom. The van der Waals surface area contributed by atoms with E-state index >= 15 is 0 Å². The summed E-state index contributed by atoms with van der Waals surface area (Å²) in [5.74, 6) is -2.51. The summed E-state index contributed by atoms with van der Waals surface area (Å²) in [6.45, 7) is 22.3. The largest absolute Gasteiger partial charge is 0.462 e. The molecule has 3 aromatic carbocycles. The number of halogens is 3. The molecule has 0 aliphatic heterocycles. The first-order valence-corrected chi connectivity index (χ1v) is 22.4. The van der Waals surface area contributed by atoms with Crippen LogP contribution in [0.4, 0.5) is 11.4 Å². The molecule has 5 aromatic rings. The minimum atomic E-state index is -0.802. The zero-order chi connectivity index (χ0) is 49.0. The second-order valence-electron chi connectivity index (χ2n) is 19.1. The first kappa shape index (κ1) is 51.1. The van der Waals surface area contributed by atoms with Gasteiger partial charge in [-0.25, -0.2) is 23.7 Å². The number of ether oxygens (including phenoxy) is 3. The van der Waals surface area contributed by atoms with Crippen LogP contribution in [0.1, 0.15) is 114 Å². The van der Waals surface area contributed by atoms with E-state index in [0.29, 0.717) is 0 Å². The summed E-state index contributed by atoms with van der Waals surface area (Å²) in [5, 5.41) is 23.2. The molecule has 2 amide bonds. The van der Waals surface area contributed by atoms with Crippen LogP contribution in [0.25, 0.3) is 33.9 Å². The molecule has 0 radical (unpaired) electrons. The SMILES string of the molecule is CC(C)COC(=O)c1cc(-c2cn(-c3cc(C(=O)OCC(C)C)cc(NC(=O)C(C)(C)C)c3Cl)nn2)c(Cl)c(-c2cn(-c3cc(C(=O)OCC(C)C)cc(NC(=O)C(C)(C)C)c3Cl)nn2)c1. The van der Waals surface area contributed by atoms with Gasteiger partial charge >= 0.3 is 17.9 Å². The Kier molecular flexibility index (Phi) is 16.1. The van der Waals surface area contributed by atoms with Gasteiger partial charge in [-0.1, -0.05) is 128 Å². The molecular formula is C47H55Cl3N8O8. The van der Waals surface area contributed by atoms with Gasteiger partial charge in [0, 0.05) is 22.0 Å². The highest BCUT2D eigenvalue weighted by molar-refractivity contribution is 6.37. The maximum Gasteiger partial charge on any atom is 0.338 e. The van der Waals surface area contributed by atoms with Crippen molar-refractivity contribution in [2.75, 3.05) is 30.5 Å². The van der Waals surface area contributed by atoms with Crippen LogP contribution >= 0.6 is 34.8 Å². The number of benzene rings is 3. The van der Waals surface area contributed by atoms with Crippen molar-refractivity contribution in [1.29, 1.82) is 0 Å². The molecule has 0 saturated heterocycles. The van der Waals surface area contributed by atoms with Crippen LogP contribution in [-0.2, 0) is 23.8 Å². The van der Waals surface area contributed by atoms with Crippen molar-refractivity contribution in [2.45, 2.75) is 83.1 Å². The van der Waals surface area contributed by atoms with Gasteiger partial charge < -0.3 is 24.8 Å². The van der Waals surface area contributed by atoms with Crippen molar-refractivity contribution in [3.05, 3.63) is 80.6 Å². The summed E-state index contributed by atoms with van der Waals surface area (Å²) in [4.78, 5) is 66.4. The van der Waals surface area contributed by atoms with E-state index < -0.39 is 28.7 Å². The zero-order valence-corrected chi connectivity index (χ0v) is 41.3. The van der Waals surface area contributed by atoms with Crippen LogP contribution in [0.2, 0.25) is 15.1 Å². The number of carbonyl (C=O) groups is 5. The Labute approximate surface area is 399 Å². The van der Waals surface area contributed by atoms with Gasteiger partial charge in [-0.2, -0.15) is 0 Å². The van der Waals surface area contributed by atoms with Crippen LogP contribution in [0.3, 0.4) is 0 Å². The third kappa shape index (κ3) is 12.5. The number of aromatic nitrogens is 6. The monoisotopic (exact) mass is 964 g/mol. The highest BCUT2D eigenvalue weighted by Gasteiger charge is 2.28. The van der Waals surface area contributed by atoms with Gasteiger partial charge in [0.15, 0.2) is 0 Å². The molecule has 0 aliphatic carbocycles. The molecule has 0 saturated carbocycles. The molecule has 0 fully saturated rings. The molecule has 0 spiro atoms. The van der Waals surface area contributed by atoms with Crippen molar-refractivity contribution in [3.63, 3.8) is 0 Å². The number of hydrogen-bond donors (Lipinski definition) is 2. The zero-order valence-electron chi connectivity index (χ0n) is 39.1. The summed E-state index contributed by atoms with van der Waals surface area (Å²) < 4.78 is 19.2. The van der Waals surface area contributed by atoms with Crippen LogP contribution in [-0.4, -0.2) is 79.5 Å². The van der Waals surface area contributed by atoms with E-state index in [2.05, 4.69) is 31.3 Å². The lowest BCUT2D eigenvalue weighted by atomic mass is 9.95. The van der Waals surface area contributed by atoms with Gasteiger partial charge in [-0.3, -0.25) is 9.59 Å². The second kappa shape index (κ2) is 20.8. The smallest absolute Gasteiger partial charge is 0.338 e. The Hall–Kier alpha value is -5.84. The third-order valence-electron chi connectivity index (χ3n) is 9.42. The highest BCUT2D eigenvalue weighted by Crippen LogP contribution is 2.39. The van der Waals surface area contributed by atoms with Crippen molar-refractivity contribution in [3.8, 4) is 33.9 Å². The van der Waals surface area contributed by atoms with Crippen LogP contribution in [0, 0.1) is 28.6 Å². The standard InChI is InChI=1S/C47H55Cl3N8O8/c1-24(2)21-64-41(59)27-13-30(34-19-57(55-53-34)36-17-28(42(60)65-22-25(3)4)15-32(39(36)49)51-44(62)46(7,8)9)38(48)31(14-27)35-20-58(56-54-35)37-18-29(43(61)66-23-26(5)6)16-33(40(37)50)52-45(63)47(10,11)12/h13-20,24-26H,21-23H2,1-12H3,(H,51,62)(H,52,63). The number of carbonyl (C=O) groups excluding carboxylic acids is 5. The molecule has 0 bridgehead atoms. The van der Waals surface area contributed by atoms with Crippen LogP contribution in [0.15, 0.2) is 48.8 Å². The maximum atomic E-state index is 13.6. The van der Waals surface area contributed by atoms with E-state index in [9.17, 15) is 24.0 Å². The van der Waals surface area contributed by atoms with E-state index in [-0.39, 0.29) is 126 Å². The molecule has 19 heteroatoms. The minimum Gasteiger partial charge on any atom is -0.462 e. The molecule has 2 aromatic heterocycles. The summed E-state index contributed by atoms with van der Waals surface area (Å²) in [6.07, 6.45) is 2.98. The van der Waals surface area contributed by atoms with Crippen LogP contribution < -0.4 is 10.6 Å². The number of amides is 2. The summed E-state index contributed by atoms with van der Waals surface area (Å²) in [7, 11) is 0. The Balaban J connectivity index is 1.65. The lowest BCUT2D eigenvalue weighted by Gasteiger charge is -2.20. The molecule has 66 heavy (non-hydrogen) atoms.